The van der Waals surface area contributed by atoms with Crippen LogP contribution in [0.4, 0.5) is 4.79 Å². The average molecular weight is 244 g/mol. The number of aliphatic carboxylic acids is 1. The second-order valence-corrected chi connectivity index (χ2v) is 5.16. The SMILES string of the molecule is CCC(C)(C)CNC(=O)NCCC(C)C(=O)O. The van der Waals surface area contributed by atoms with E-state index in [4.69, 9.17) is 5.11 Å². The molecule has 17 heavy (non-hydrogen) atoms. The number of hydrogen-bond donors (Lipinski definition) is 3. The predicted molar refractivity (Wildman–Crippen MR) is 66.9 cm³/mol. The number of rotatable bonds is 7. The van der Waals surface area contributed by atoms with Crippen molar-refractivity contribution in [2.75, 3.05) is 13.1 Å². The van der Waals surface area contributed by atoms with Crippen molar-refractivity contribution in [3.8, 4) is 0 Å². The highest BCUT2D eigenvalue weighted by atomic mass is 16.4. The van der Waals surface area contributed by atoms with Gasteiger partial charge in [-0.1, -0.05) is 27.7 Å². The van der Waals surface area contributed by atoms with Crippen LogP contribution in [0.25, 0.3) is 0 Å². The maximum atomic E-state index is 11.4. The average Bonchev–Trinajstić information content (AvgIpc) is 2.26. The molecule has 100 valence electrons. The Morgan fingerprint density at radius 2 is 1.88 bits per heavy atom. The van der Waals surface area contributed by atoms with Crippen molar-refractivity contribution in [3.63, 3.8) is 0 Å². The third-order valence-electron chi connectivity index (χ3n) is 2.97. The second kappa shape index (κ2) is 7.14. The van der Waals surface area contributed by atoms with Crippen LogP contribution in [0.5, 0.6) is 0 Å². The van der Waals surface area contributed by atoms with Gasteiger partial charge in [0.1, 0.15) is 0 Å². The summed E-state index contributed by atoms with van der Waals surface area (Å²) in [4.78, 5) is 21.9. The Hall–Kier alpha value is -1.26. The van der Waals surface area contributed by atoms with E-state index in [-0.39, 0.29) is 11.4 Å². The highest BCUT2D eigenvalue weighted by Gasteiger charge is 2.16. The van der Waals surface area contributed by atoms with Crippen LogP contribution in [-0.2, 0) is 4.79 Å². The molecule has 0 heterocycles. The molecular weight excluding hydrogens is 220 g/mol. The zero-order valence-electron chi connectivity index (χ0n) is 11.2. The molecule has 3 N–H and O–H groups in total. The van der Waals surface area contributed by atoms with Gasteiger partial charge in [0.25, 0.3) is 0 Å². The standard InChI is InChI=1S/C12H24N2O3/c1-5-12(3,4)8-14-11(17)13-7-6-9(2)10(15)16/h9H,5-8H2,1-4H3,(H,15,16)(H2,13,14,17). The summed E-state index contributed by atoms with van der Waals surface area (Å²) in [6.07, 6.45) is 1.43. The summed E-state index contributed by atoms with van der Waals surface area (Å²) in [5, 5.41) is 14.1. The normalized spacial score (nSPS) is 12.9. The fourth-order valence-electron chi connectivity index (χ4n) is 1.03. The molecular formula is C12H24N2O3. The zero-order valence-corrected chi connectivity index (χ0v) is 11.2. The summed E-state index contributed by atoms with van der Waals surface area (Å²) >= 11 is 0. The molecule has 0 aromatic carbocycles. The number of carboxylic acids is 1. The Balaban J connectivity index is 3.71. The van der Waals surface area contributed by atoms with Crippen LogP contribution < -0.4 is 10.6 Å². The van der Waals surface area contributed by atoms with Gasteiger partial charge in [-0.2, -0.15) is 0 Å². The van der Waals surface area contributed by atoms with E-state index < -0.39 is 11.9 Å². The van der Waals surface area contributed by atoms with Gasteiger partial charge in [0.05, 0.1) is 5.92 Å². The molecule has 0 spiro atoms. The van der Waals surface area contributed by atoms with Crippen LogP contribution >= 0.6 is 0 Å². The number of urea groups is 1. The number of carbonyl (C=O) groups is 2. The van der Waals surface area contributed by atoms with Gasteiger partial charge in [0, 0.05) is 13.1 Å². The Morgan fingerprint density at radius 1 is 1.29 bits per heavy atom. The van der Waals surface area contributed by atoms with Crippen molar-refractivity contribution in [2.45, 2.75) is 40.5 Å². The number of carbonyl (C=O) groups excluding carboxylic acids is 1. The Kier molecular flexibility index (Phi) is 6.61. The van der Waals surface area contributed by atoms with Gasteiger partial charge in [-0.3, -0.25) is 4.79 Å². The van der Waals surface area contributed by atoms with Crippen LogP contribution in [0.15, 0.2) is 0 Å². The maximum absolute atomic E-state index is 11.4. The first-order chi connectivity index (χ1) is 7.78. The van der Waals surface area contributed by atoms with Crippen molar-refractivity contribution in [1.29, 1.82) is 0 Å². The second-order valence-electron chi connectivity index (χ2n) is 5.16. The molecule has 0 fully saturated rings. The lowest BCUT2D eigenvalue weighted by Crippen LogP contribution is -2.41. The first kappa shape index (κ1) is 15.7. The first-order valence-corrected chi connectivity index (χ1v) is 6.03. The molecule has 0 saturated heterocycles. The number of carboxylic acid groups (broad SMARTS) is 1. The molecule has 0 aromatic heterocycles. The lowest BCUT2D eigenvalue weighted by molar-refractivity contribution is -0.141. The van der Waals surface area contributed by atoms with Crippen LogP contribution in [0.1, 0.15) is 40.5 Å². The van der Waals surface area contributed by atoms with E-state index in [2.05, 4.69) is 31.4 Å². The highest BCUT2D eigenvalue weighted by Crippen LogP contribution is 2.17. The van der Waals surface area contributed by atoms with Gasteiger partial charge in [-0.15, -0.1) is 0 Å². The molecule has 0 radical (unpaired) electrons. The summed E-state index contributed by atoms with van der Waals surface area (Å²) < 4.78 is 0. The maximum Gasteiger partial charge on any atom is 0.314 e. The molecule has 2 amide bonds. The fraction of sp³-hybridized carbons (Fsp3) is 0.833. The van der Waals surface area contributed by atoms with E-state index in [0.717, 1.165) is 6.42 Å². The molecule has 1 atom stereocenters. The van der Waals surface area contributed by atoms with Crippen LogP contribution in [0, 0.1) is 11.3 Å². The molecule has 0 aliphatic carbocycles. The summed E-state index contributed by atoms with van der Waals surface area (Å²) in [6, 6.07) is -0.232. The van der Waals surface area contributed by atoms with Crippen molar-refractivity contribution in [3.05, 3.63) is 0 Å². The minimum absolute atomic E-state index is 0.0890. The summed E-state index contributed by atoms with van der Waals surface area (Å²) in [7, 11) is 0. The monoisotopic (exact) mass is 244 g/mol. The Bertz CT molecular complexity index is 264. The Labute approximate surface area is 103 Å². The predicted octanol–water partition coefficient (Wildman–Crippen LogP) is 1.83. The zero-order chi connectivity index (χ0) is 13.5. The van der Waals surface area contributed by atoms with E-state index in [9.17, 15) is 9.59 Å². The van der Waals surface area contributed by atoms with Crippen LogP contribution in [-0.4, -0.2) is 30.2 Å². The van der Waals surface area contributed by atoms with Gasteiger partial charge in [0.2, 0.25) is 0 Å². The third kappa shape index (κ3) is 7.60. The van der Waals surface area contributed by atoms with E-state index in [1.807, 2.05) is 0 Å². The van der Waals surface area contributed by atoms with E-state index in [1.54, 1.807) is 6.92 Å². The third-order valence-corrected chi connectivity index (χ3v) is 2.97. The van der Waals surface area contributed by atoms with Gasteiger partial charge >= 0.3 is 12.0 Å². The molecule has 5 heteroatoms. The molecule has 1 unspecified atom stereocenters. The lowest BCUT2D eigenvalue weighted by Gasteiger charge is -2.22. The molecule has 0 rings (SSSR count). The molecule has 0 aromatic rings. The highest BCUT2D eigenvalue weighted by molar-refractivity contribution is 5.74. The molecule has 0 aliphatic heterocycles. The van der Waals surface area contributed by atoms with Gasteiger partial charge in [-0.25, -0.2) is 4.79 Å². The number of hydrogen-bond acceptors (Lipinski definition) is 2. The van der Waals surface area contributed by atoms with Crippen LogP contribution in [0.3, 0.4) is 0 Å². The largest absolute Gasteiger partial charge is 0.481 e. The molecule has 0 aliphatic rings. The van der Waals surface area contributed by atoms with E-state index in [1.165, 1.54) is 0 Å². The summed E-state index contributed by atoms with van der Waals surface area (Å²) in [5.74, 6) is -1.26. The first-order valence-electron chi connectivity index (χ1n) is 6.03. The summed E-state index contributed by atoms with van der Waals surface area (Å²) in [6.45, 7) is 8.87. The minimum Gasteiger partial charge on any atom is -0.481 e. The topological polar surface area (TPSA) is 78.4 Å². The number of nitrogens with one attached hydrogen (secondary N) is 2. The smallest absolute Gasteiger partial charge is 0.314 e. The minimum atomic E-state index is -0.834. The van der Waals surface area contributed by atoms with Gasteiger partial charge in [-0.05, 0) is 18.3 Å². The quantitative estimate of drug-likeness (QED) is 0.639. The van der Waals surface area contributed by atoms with E-state index in [0.29, 0.717) is 19.5 Å². The summed E-state index contributed by atoms with van der Waals surface area (Å²) in [5.41, 5.74) is 0.0890. The Morgan fingerprint density at radius 3 is 2.35 bits per heavy atom. The molecule has 5 nitrogen and oxygen atoms in total. The van der Waals surface area contributed by atoms with Crippen molar-refractivity contribution in [2.24, 2.45) is 11.3 Å². The fourth-order valence-corrected chi connectivity index (χ4v) is 1.03. The lowest BCUT2D eigenvalue weighted by atomic mass is 9.90. The van der Waals surface area contributed by atoms with Crippen molar-refractivity contribution < 1.29 is 14.7 Å². The van der Waals surface area contributed by atoms with Gasteiger partial charge < -0.3 is 15.7 Å². The van der Waals surface area contributed by atoms with Crippen LogP contribution in [0.2, 0.25) is 0 Å². The van der Waals surface area contributed by atoms with Crippen molar-refractivity contribution >= 4 is 12.0 Å². The molecule has 0 bridgehead atoms. The van der Waals surface area contributed by atoms with E-state index >= 15 is 0 Å². The molecule has 0 saturated carbocycles. The number of amides is 2. The van der Waals surface area contributed by atoms with Crippen molar-refractivity contribution in [1.82, 2.24) is 10.6 Å². The van der Waals surface area contributed by atoms with Gasteiger partial charge in [0.15, 0.2) is 0 Å².